The third kappa shape index (κ3) is 5.46. The maximum absolute atomic E-state index is 12.4. The highest BCUT2D eigenvalue weighted by Gasteiger charge is 2.29. The van der Waals surface area contributed by atoms with Crippen LogP contribution in [-0.2, 0) is 17.4 Å². The predicted octanol–water partition coefficient (Wildman–Crippen LogP) is 3.87. The first-order valence-corrected chi connectivity index (χ1v) is 7.75. The first-order valence-electron chi connectivity index (χ1n) is 6.87. The Hall–Kier alpha value is -2.26. The average Bonchev–Trinajstić information content (AvgIpc) is 2.97. The molecule has 0 aliphatic heterocycles. The van der Waals surface area contributed by atoms with E-state index < -0.39 is 17.6 Å². The standard InChI is InChI=1S/C17H14F3NOS/c1-12(11-15-3-2-10-23-15)21-16(22)9-6-13-4-7-14(8-5-13)17(18,19)20/h2-5,7-8,10,12H,11H2,1H3,(H,21,22)/t12-/m0/s1. The number of amides is 1. The number of carbonyl (C=O) groups is 1. The molecule has 1 aromatic carbocycles. The van der Waals surface area contributed by atoms with Gasteiger partial charge >= 0.3 is 6.18 Å². The molecule has 0 saturated heterocycles. The summed E-state index contributed by atoms with van der Waals surface area (Å²) in [7, 11) is 0. The molecule has 23 heavy (non-hydrogen) atoms. The summed E-state index contributed by atoms with van der Waals surface area (Å²) in [4.78, 5) is 12.9. The Kier molecular flexibility index (Phi) is 5.45. The van der Waals surface area contributed by atoms with E-state index in [1.807, 2.05) is 24.4 Å². The number of hydrogen-bond acceptors (Lipinski definition) is 2. The lowest BCUT2D eigenvalue weighted by molar-refractivity contribution is -0.137. The van der Waals surface area contributed by atoms with Crippen LogP contribution < -0.4 is 5.32 Å². The number of thiophene rings is 1. The fraction of sp³-hybridized carbons (Fsp3) is 0.235. The molecule has 0 bridgehead atoms. The van der Waals surface area contributed by atoms with Gasteiger partial charge in [-0.3, -0.25) is 4.79 Å². The fourth-order valence-electron chi connectivity index (χ4n) is 1.91. The number of carbonyl (C=O) groups excluding carboxylic acids is 1. The van der Waals surface area contributed by atoms with Crippen LogP contribution in [-0.4, -0.2) is 11.9 Å². The van der Waals surface area contributed by atoms with E-state index >= 15 is 0 Å². The summed E-state index contributed by atoms with van der Waals surface area (Å²) in [5, 5.41) is 4.70. The smallest absolute Gasteiger partial charge is 0.342 e. The number of benzene rings is 1. The summed E-state index contributed by atoms with van der Waals surface area (Å²) < 4.78 is 37.3. The van der Waals surface area contributed by atoms with Crippen LogP contribution in [0.5, 0.6) is 0 Å². The molecule has 6 heteroatoms. The van der Waals surface area contributed by atoms with Gasteiger partial charge in [0.15, 0.2) is 0 Å². The minimum Gasteiger partial charge on any atom is -0.342 e. The molecule has 1 amide bonds. The van der Waals surface area contributed by atoms with Gasteiger partial charge in [-0.2, -0.15) is 13.2 Å². The summed E-state index contributed by atoms with van der Waals surface area (Å²) >= 11 is 1.61. The molecule has 2 rings (SSSR count). The van der Waals surface area contributed by atoms with E-state index in [4.69, 9.17) is 0 Å². The van der Waals surface area contributed by atoms with Gasteiger partial charge in [0, 0.05) is 28.8 Å². The minimum absolute atomic E-state index is 0.0666. The highest BCUT2D eigenvalue weighted by Crippen LogP contribution is 2.28. The quantitative estimate of drug-likeness (QED) is 0.847. The second kappa shape index (κ2) is 7.34. The molecule has 0 aliphatic rings. The first-order chi connectivity index (χ1) is 10.8. The SMILES string of the molecule is C[C@@H](Cc1cccs1)NC(=O)C#Cc1ccc(C(F)(F)F)cc1. The van der Waals surface area contributed by atoms with Crippen molar-refractivity contribution in [1.29, 1.82) is 0 Å². The summed E-state index contributed by atoms with van der Waals surface area (Å²) in [6, 6.07) is 8.25. The lowest BCUT2D eigenvalue weighted by Crippen LogP contribution is -2.32. The molecule has 1 heterocycles. The van der Waals surface area contributed by atoms with Gasteiger partial charge in [-0.1, -0.05) is 12.0 Å². The Morgan fingerprint density at radius 3 is 2.52 bits per heavy atom. The van der Waals surface area contributed by atoms with Crippen molar-refractivity contribution in [2.75, 3.05) is 0 Å². The van der Waals surface area contributed by atoms with Gasteiger partial charge in [0.2, 0.25) is 0 Å². The molecule has 0 radical (unpaired) electrons. The van der Waals surface area contributed by atoms with Crippen molar-refractivity contribution in [1.82, 2.24) is 5.32 Å². The number of halogens is 3. The van der Waals surface area contributed by atoms with E-state index in [0.717, 1.165) is 17.0 Å². The number of alkyl halides is 3. The summed E-state index contributed by atoms with van der Waals surface area (Å²) in [6.07, 6.45) is -3.66. The van der Waals surface area contributed by atoms with Gasteiger partial charge in [0.25, 0.3) is 5.91 Å². The molecule has 0 aliphatic carbocycles. The predicted molar refractivity (Wildman–Crippen MR) is 83.9 cm³/mol. The van der Waals surface area contributed by atoms with Gasteiger partial charge in [-0.25, -0.2) is 0 Å². The van der Waals surface area contributed by atoms with Crippen LogP contribution in [0.4, 0.5) is 13.2 Å². The number of nitrogens with one attached hydrogen (secondary N) is 1. The van der Waals surface area contributed by atoms with Crippen molar-refractivity contribution in [2.45, 2.75) is 25.6 Å². The molecule has 2 nitrogen and oxygen atoms in total. The topological polar surface area (TPSA) is 29.1 Å². The first kappa shape index (κ1) is 17.1. The zero-order chi connectivity index (χ0) is 16.9. The second-order valence-corrected chi connectivity index (χ2v) is 6.02. The normalized spacial score (nSPS) is 12.2. The van der Waals surface area contributed by atoms with E-state index in [0.29, 0.717) is 12.0 Å². The third-order valence-corrected chi connectivity index (χ3v) is 3.90. The Balaban J connectivity index is 1.91. The highest BCUT2D eigenvalue weighted by molar-refractivity contribution is 7.09. The van der Waals surface area contributed by atoms with Gasteiger partial charge in [0.1, 0.15) is 0 Å². The van der Waals surface area contributed by atoms with Gasteiger partial charge in [0.05, 0.1) is 5.56 Å². The molecule has 0 fully saturated rings. The van der Waals surface area contributed by atoms with Gasteiger partial charge in [-0.15, -0.1) is 11.3 Å². The zero-order valence-corrected chi connectivity index (χ0v) is 13.1. The van der Waals surface area contributed by atoms with Gasteiger partial charge < -0.3 is 5.32 Å². The van der Waals surface area contributed by atoms with Crippen LogP contribution in [0.1, 0.15) is 22.9 Å². The van der Waals surface area contributed by atoms with Crippen LogP contribution in [0, 0.1) is 11.8 Å². The van der Waals surface area contributed by atoms with Crippen molar-refractivity contribution >= 4 is 17.2 Å². The molecule has 0 saturated carbocycles. The molecule has 1 N–H and O–H groups in total. The Labute approximate surface area is 136 Å². The Bertz CT molecular complexity index is 709. The maximum atomic E-state index is 12.4. The van der Waals surface area contributed by atoms with Gasteiger partial charge in [-0.05, 0) is 42.6 Å². The van der Waals surface area contributed by atoms with Crippen molar-refractivity contribution in [3.63, 3.8) is 0 Å². The van der Waals surface area contributed by atoms with Crippen LogP contribution in [0.25, 0.3) is 0 Å². The van der Waals surface area contributed by atoms with Crippen molar-refractivity contribution in [3.05, 3.63) is 57.8 Å². The summed E-state index contributed by atoms with van der Waals surface area (Å²) in [5.41, 5.74) is -0.379. The lowest BCUT2D eigenvalue weighted by atomic mass is 10.1. The van der Waals surface area contributed by atoms with Crippen molar-refractivity contribution < 1.29 is 18.0 Å². The van der Waals surface area contributed by atoms with Crippen LogP contribution in [0.15, 0.2) is 41.8 Å². The minimum atomic E-state index is -4.37. The fourth-order valence-corrected chi connectivity index (χ4v) is 2.75. The molecular weight excluding hydrogens is 323 g/mol. The van der Waals surface area contributed by atoms with Crippen molar-refractivity contribution in [3.8, 4) is 11.8 Å². The zero-order valence-electron chi connectivity index (χ0n) is 12.3. The van der Waals surface area contributed by atoms with Crippen LogP contribution >= 0.6 is 11.3 Å². The Morgan fingerprint density at radius 2 is 1.96 bits per heavy atom. The maximum Gasteiger partial charge on any atom is 0.416 e. The monoisotopic (exact) mass is 337 g/mol. The van der Waals surface area contributed by atoms with E-state index in [9.17, 15) is 18.0 Å². The summed E-state index contributed by atoms with van der Waals surface area (Å²) in [5.74, 6) is 4.50. The number of rotatable bonds is 3. The molecule has 0 unspecified atom stereocenters. The largest absolute Gasteiger partial charge is 0.416 e. The molecule has 1 atom stereocenters. The van der Waals surface area contributed by atoms with E-state index in [-0.39, 0.29) is 6.04 Å². The lowest BCUT2D eigenvalue weighted by Gasteiger charge is -2.09. The van der Waals surface area contributed by atoms with E-state index in [2.05, 4.69) is 17.2 Å². The molecule has 2 aromatic rings. The van der Waals surface area contributed by atoms with Crippen LogP contribution in [0.3, 0.4) is 0 Å². The highest BCUT2D eigenvalue weighted by atomic mass is 32.1. The average molecular weight is 337 g/mol. The molecule has 120 valence electrons. The molecule has 1 aromatic heterocycles. The second-order valence-electron chi connectivity index (χ2n) is 4.98. The van der Waals surface area contributed by atoms with Crippen LogP contribution in [0.2, 0.25) is 0 Å². The van der Waals surface area contributed by atoms with Crippen molar-refractivity contribution in [2.24, 2.45) is 0 Å². The Morgan fingerprint density at radius 1 is 1.26 bits per heavy atom. The van der Waals surface area contributed by atoms with E-state index in [1.54, 1.807) is 11.3 Å². The summed E-state index contributed by atoms with van der Waals surface area (Å²) in [6.45, 7) is 1.87. The molecule has 0 spiro atoms. The van der Waals surface area contributed by atoms with E-state index in [1.165, 1.54) is 12.1 Å². The number of hydrogen-bond donors (Lipinski definition) is 1. The third-order valence-electron chi connectivity index (χ3n) is 3.00. The molecular formula is C17H14F3NOS.